The molecule has 1 aromatic carbocycles. The Bertz CT molecular complexity index is 402. The van der Waals surface area contributed by atoms with E-state index in [2.05, 4.69) is 4.90 Å². The molecule has 0 amide bonds. The van der Waals surface area contributed by atoms with Gasteiger partial charge in [-0.2, -0.15) is 0 Å². The van der Waals surface area contributed by atoms with Crippen LogP contribution in [0, 0.1) is 5.92 Å². The van der Waals surface area contributed by atoms with Gasteiger partial charge in [-0.1, -0.05) is 11.6 Å². The van der Waals surface area contributed by atoms with Crippen molar-refractivity contribution in [3.63, 3.8) is 0 Å². The van der Waals surface area contributed by atoms with E-state index in [0.717, 1.165) is 37.4 Å². The number of benzene rings is 1. The van der Waals surface area contributed by atoms with E-state index >= 15 is 0 Å². The molecule has 2 rings (SSSR count). The molecule has 1 N–H and O–H groups in total. The SMILES string of the molecule is O=C(O)CCC1CCN(c2ccc(Cl)cc2)CC1.[LiH]. The van der Waals surface area contributed by atoms with Crippen LogP contribution < -0.4 is 4.90 Å². The minimum absolute atomic E-state index is 0. The molecule has 5 heteroatoms. The second-order valence-corrected chi connectivity index (χ2v) is 5.28. The predicted octanol–water partition coefficient (Wildman–Crippen LogP) is 2.77. The van der Waals surface area contributed by atoms with Gasteiger partial charge in [-0.25, -0.2) is 0 Å². The van der Waals surface area contributed by atoms with Crippen molar-refractivity contribution < 1.29 is 9.90 Å². The second kappa shape index (κ2) is 7.84. The van der Waals surface area contributed by atoms with E-state index in [1.807, 2.05) is 24.3 Å². The third-order valence-electron chi connectivity index (χ3n) is 3.57. The van der Waals surface area contributed by atoms with Crippen molar-refractivity contribution in [3.05, 3.63) is 29.3 Å². The number of halogens is 1. The molecule has 1 fully saturated rings. The van der Waals surface area contributed by atoms with Crippen molar-refractivity contribution in [2.75, 3.05) is 18.0 Å². The van der Waals surface area contributed by atoms with E-state index in [9.17, 15) is 4.79 Å². The maximum absolute atomic E-state index is 10.5. The summed E-state index contributed by atoms with van der Waals surface area (Å²) < 4.78 is 0. The van der Waals surface area contributed by atoms with Crippen molar-refractivity contribution in [1.29, 1.82) is 0 Å². The molecule has 0 atom stereocenters. The van der Waals surface area contributed by atoms with Gasteiger partial charge in [-0.15, -0.1) is 0 Å². The quantitative estimate of drug-likeness (QED) is 0.859. The van der Waals surface area contributed by atoms with E-state index in [0.29, 0.717) is 12.3 Å². The Labute approximate surface area is 131 Å². The first-order valence-corrected chi connectivity index (χ1v) is 6.75. The molecule has 100 valence electrons. The summed E-state index contributed by atoms with van der Waals surface area (Å²) in [4.78, 5) is 12.9. The summed E-state index contributed by atoms with van der Waals surface area (Å²) in [6, 6.07) is 7.90. The first-order chi connectivity index (χ1) is 8.65. The number of rotatable bonds is 4. The summed E-state index contributed by atoms with van der Waals surface area (Å²) in [5.74, 6) is -0.125. The molecular weight excluding hydrogens is 257 g/mol. The fourth-order valence-corrected chi connectivity index (χ4v) is 2.59. The Kier molecular flexibility index (Phi) is 6.78. The molecule has 1 aliphatic heterocycles. The zero-order chi connectivity index (χ0) is 13.0. The van der Waals surface area contributed by atoms with Crippen LogP contribution in [-0.2, 0) is 4.79 Å². The molecule has 1 heterocycles. The van der Waals surface area contributed by atoms with Crippen LogP contribution >= 0.6 is 11.6 Å². The number of hydrogen-bond acceptors (Lipinski definition) is 2. The average molecular weight is 276 g/mol. The number of carbonyl (C=O) groups is 1. The predicted molar refractivity (Wildman–Crippen MR) is 80.4 cm³/mol. The van der Waals surface area contributed by atoms with Gasteiger partial charge in [-0.3, -0.25) is 4.79 Å². The normalized spacial score (nSPS) is 15.9. The van der Waals surface area contributed by atoms with Gasteiger partial charge < -0.3 is 10.0 Å². The molecule has 1 saturated heterocycles. The summed E-state index contributed by atoms with van der Waals surface area (Å²) >= 11 is 5.87. The molecule has 19 heavy (non-hydrogen) atoms. The number of aliphatic carboxylic acids is 1. The molecule has 0 aromatic heterocycles. The minimum atomic E-state index is -0.685. The van der Waals surface area contributed by atoms with Crippen LogP contribution in [0.1, 0.15) is 25.7 Å². The Morgan fingerprint density at radius 1 is 1.26 bits per heavy atom. The summed E-state index contributed by atoms with van der Waals surface area (Å²) in [5, 5.41) is 9.44. The number of hydrogen-bond donors (Lipinski definition) is 1. The first kappa shape index (κ1) is 16.4. The van der Waals surface area contributed by atoms with Crippen LogP contribution in [0.2, 0.25) is 5.02 Å². The summed E-state index contributed by atoms with van der Waals surface area (Å²) in [6.45, 7) is 2.01. The van der Waals surface area contributed by atoms with E-state index in [1.165, 1.54) is 5.69 Å². The van der Waals surface area contributed by atoms with Gasteiger partial charge in [0.2, 0.25) is 0 Å². The van der Waals surface area contributed by atoms with Gasteiger partial charge >= 0.3 is 24.8 Å². The number of carboxylic acids is 1. The number of piperidine rings is 1. The Morgan fingerprint density at radius 2 is 1.84 bits per heavy atom. The van der Waals surface area contributed by atoms with Crippen molar-refractivity contribution in [3.8, 4) is 0 Å². The number of carboxylic acid groups (broad SMARTS) is 1. The van der Waals surface area contributed by atoms with E-state index in [4.69, 9.17) is 16.7 Å². The Hall–Kier alpha value is -0.623. The van der Waals surface area contributed by atoms with Crippen LogP contribution in [0.15, 0.2) is 24.3 Å². The fourth-order valence-electron chi connectivity index (χ4n) is 2.46. The van der Waals surface area contributed by atoms with E-state index in [-0.39, 0.29) is 18.9 Å². The molecule has 3 nitrogen and oxygen atoms in total. The zero-order valence-corrected chi connectivity index (χ0v) is 11.1. The Morgan fingerprint density at radius 3 is 2.37 bits per heavy atom. The number of anilines is 1. The molecule has 0 bridgehead atoms. The third-order valence-corrected chi connectivity index (χ3v) is 3.82. The molecule has 0 aliphatic carbocycles. The van der Waals surface area contributed by atoms with E-state index < -0.39 is 5.97 Å². The van der Waals surface area contributed by atoms with Crippen molar-refractivity contribution in [2.24, 2.45) is 5.92 Å². The zero-order valence-electron chi connectivity index (χ0n) is 10.3. The van der Waals surface area contributed by atoms with Crippen LogP contribution in [0.4, 0.5) is 5.69 Å². The third kappa shape index (κ3) is 5.10. The van der Waals surface area contributed by atoms with Gasteiger partial charge in [-0.05, 0) is 49.4 Å². The second-order valence-electron chi connectivity index (χ2n) is 4.84. The van der Waals surface area contributed by atoms with Crippen LogP contribution in [0.5, 0.6) is 0 Å². The van der Waals surface area contributed by atoms with Gasteiger partial charge in [0, 0.05) is 30.2 Å². The summed E-state index contributed by atoms with van der Waals surface area (Å²) in [5.41, 5.74) is 1.20. The van der Waals surface area contributed by atoms with Gasteiger partial charge in [0.15, 0.2) is 0 Å². The summed E-state index contributed by atoms with van der Waals surface area (Å²) in [7, 11) is 0. The van der Waals surface area contributed by atoms with Gasteiger partial charge in [0.05, 0.1) is 0 Å². The Balaban J connectivity index is 0.00000180. The molecular formula is C14H19ClLiNO2. The number of nitrogens with zero attached hydrogens (tertiary/aromatic N) is 1. The molecule has 0 unspecified atom stereocenters. The molecule has 0 radical (unpaired) electrons. The van der Waals surface area contributed by atoms with Crippen LogP contribution in [0.3, 0.4) is 0 Å². The van der Waals surface area contributed by atoms with Crippen molar-refractivity contribution in [1.82, 2.24) is 0 Å². The molecule has 0 saturated carbocycles. The van der Waals surface area contributed by atoms with Gasteiger partial charge in [0.1, 0.15) is 0 Å². The first-order valence-electron chi connectivity index (χ1n) is 6.37. The van der Waals surface area contributed by atoms with Crippen LogP contribution in [-0.4, -0.2) is 43.0 Å². The molecule has 0 spiro atoms. The summed E-state index contributed by atoms with van der Waals surface area (Å²) in [6.07, 6.45) is 3.27. The monoisotopic (exact) mass is 275 g/mol. The molecule has 1 aromatic rings. The maximum atomic E-state index is 10.5. The van der Waals surface area contributed by atoms with Crippen molar-refractivity contribution in [2.45, 2.75) is 25.7 Å². The average Bonchev–Trinajstić information content (AvgIpc) is 2.38. The van der Waals surface area contributed by atoms with Gasteiger partial charge in [0.25, 0.3) is 0 Å². The standard InChI is InChI=1S/C14H18ClNO2.Li.H/c15-12-2-4-13(5-3-12)16-9-7-11(8-10-16)1-6-14(17)18;;/h2-5,11H,1,6-10H2,(H,17,18);;. The molecule has 1 aliphatic rings. The van der Waals surface area contributed by atoms with Crippen molar-refractivity contribution >= 4 is 42.1 Å². The van der Waals surface area contributed by atoms with E-state index in [1.54, 1.807) is 0 Å². The van der Waals surface area contributed by atoms with Crippen LogP contribution in [0.25, 0.3) is 0 Å². The fraction of sp³-hybridized carbons (Fsp3) is 0.500. The topological polar surface area (TPSA) is 40.5 Å².